The summed E-state index contributed by atoms with van der Waals surface area (Å²) in [6.45, 7) is 2.36. The van der Waals surface area contributed by atoms with Crippen LogP contribution in [0.1, 0.15) is 18.4 Å². The highest BCUT2D eigenvalue weighted by Gasteiger charge is 2.30. The van der Waals surface area contributed by atoms with E-state index in [2.05, 4.69) is 0 Å². The summed E-state index contributed by atoms with van der Waals surface area (Å²) < 4.78 is 26.3. The molecule has 0 amide bonds. The van der Waals surface area contributed by atoms with E-state index >= 15 is 0 Å². The second kappa shape index (κ2) is 4.87. The lowest BCUT2D eigenvalue weighted by atomic mass is 10.1. The fraction of sp³-hybridized carbons (Fsp3) is 0.500. The molecule has 1 atom stereocenters. The first kappa shape index (κ1) is 13.3. The molecule has 1 heterocycles. The number of sulfonamides is 1. The van der Waals surface area contributed by atoms with Crippen molar-refractivity contribution in [1.29, 1.82) is 0 Å². The third-order valence-electron chi connectivity index (χ3n) is 3.19. The van der Waals surface area contributed by atoms with Crippen LogP contribution >= 0.6 is 0 Å². The Morgan fingerprint density at radius 2 is 2.17 bits per heavy atom. The number of aliphatic hydroxyl groups is 1. The first-order valence-electron chi connectivity index (χ1n) is 5.95. The summed E-state index contributed by atoms with van der Waals surface area (Å²) in [5.41, 5.74) is 6.75. The third-order valence-corrected chi connectivity index (χ3v) is 5.20. The molecule has 1 unspecified atom stereocenters. The van der Waals surface area contributed by atoms with Crippen LogP contribution < -0.4 is 5.73 Å². The number of benzene rings is 1. The first-order valence-corrected chi connectivity index (χ1v) is 7.39. The summed E-state index contributed by atoms with van der Waals surface area (Å²) in [4.78, 5) is 0.233. The number of aliphatic hydroxyl groups excluding tert-OH is 1. The van der Waals surface area contributed by atoms with Gasteiger partial charge in [-0.1, -0.05) is 6.07 Å². The maximum absolute atomic E-state index is 12.5. The minimum atomic E-state index is -3.55. The van der Waals surface area contributed by atoms with E-state index in [0.29, 0.717) is 30.6 Å². The normalized spacial score (nSPS) is 22.0. The largest absolute Gasteiger partial charge is 0.399 e. The van der Waals surface area contributed by atoms with Gasteiger partial charge < -0.3 is 10.8 Å². The number of nitrogens with zero attached hydrogens (tertiary/aromatic N) is 1. The molecule has 1 aromatic carbocycles. The quantitative estimate of drug-likeness (QED) is 0.776. The predicted molar refractivity (Wildman–Crippen MR) is 69.6 cm³/mol. The Morgan fingerprint density at radius 3 is 2.83 bits per heavy atom. The molecule has 0 radical (unpaired) electrons. The van der Waals surface area contributed by atoms with E-state index in [0.717, 1.165) is 0 Å². The monoisotopic (exact) mass is 270 g/mol. The van der Waals surface area contributed by atoms with Crippen LogP contribution in [0.2, 0.25) is 0 Å². The summed E-state index contributed by atoms with van der Waals surface area (Å²) >= 11 is 0. The molecule has 5 nitrogen and oxygen atoms in total. The number of β-amino-alcohol motifs (C(OH)–C–C–N with tert-alkyl or cyclic N) is 1. The zero-order chi connectivity index (χ0) is 13.3. The third kappa shape index (κ3) is 2.50. The molecule has 0 saturated carbocycles. The van der Waals surface area contributed by atoms with Gasteiger partial charge in [0, 0.05) is 18.8 Å². The van der Waals surface area contributed by atoms with Crippen molar-refractivity contribution in [2.45, 2.75) is 30.8 Å². The lowest BCUT2D eigenvalue weighted by Gasteiger charge is -2.29. The SMILES string of the molecule is Cc1ccc(N)cc1S(=O)(=O)N1CCCC(O)C1. The molecular weight excluding hydrogens is 252 g/mol. The zero-order valence-electron chi connectivity index (χ0n) is 10.3. The van der Waals surface area contributed by atoms with Gasteiger partial charge in [-0.2, -0.15) is 4.31 Å². The smallest absolute Gasteiger partial charge is 0.243 e. The molecule has 3 N–H and O–H groups in total. The van der Waals surface area contributed by atoms with Crippen LogP contribution in [0.3, 0.4) is 0 Å². The van der Waals surface area contributed by atoms with Gasteiger partial charge in [0.05, 0.1) is 11.0 Å². The Bertz CT molecular complexity index is 542. The average molecular weight is 270 g/mol. The molecule has 6 heteroatoms. The van der Waals surface area contributed by atoms with E-state index in [1.807, 2.05) is 0 Å². The van der Waals surface area contributed by atoms with Gasteiger partial charge in [0.1, 0.15) is 0 Å². The molecule has 1 aliphatic rings. The van der Waals surface area contributed by atoms with Crippen molar-refractivity contribution in [3.05, 3.63) is 23.8 Å². The van der Waals surface area contributed by atoms with Crippen molar-refractivity contribution < 1.29 is 13.5 Å². The van der Waals surface area contributed by atoms with Gasteiger partial charge in [0.2, 0.25) is 10.0 Å². The highest BCUT2D eigenvalue weighted by molar-refractivity contribution is 7.89. The number of hydrogen-bond donors (Lipinski definition) is 2. The molecule has 1 aromatic rings. The zero-order valence-corrected chi connectivity index (χ0v) is 11.2. The van der Waals surface area contributed by atoms with Crippen molar-refractivity contribution >= 4 is 15.7 Å². The fourth-order valence-corrected chi connectivity index (χ4v) is 3.95. The van der Waals surface area contributed by atoms with Crippen LogP contribution in [0.4, 0.5) is 5.69 Å². The van der Waals surface area contributed by atoms with Gasteiger partial charge in [-0.3, -0.25) is 0 Å². The van der Waals surface area contributed by atoms with E-state index in [9.17, 15) is 13.5 Å². The van der Waals surface area contributed by atoms with E-state index < -0.39 is 16.1 Å². The number of aryl methyl sites for hydroxylation is 1. The highest BCUT2D eigenvalue weighted by Crippen LogP contribution is 2.25. The van der Waals surface area contributed by atoms with Crippen LogP contribution in [0.5, 0.6) is 0 Å². The number of nitrogen functional groups attached to an aromatic ring is 1. The molecule has 1 fully saturated rings. The Labute approximate surface area is 107 Å². The Balaban J connectivity index is 2.38. The topological polar surface area (TPSA) is 83.6 Å². The Hall–Kier alpha value is -1.11. The van der Waals surface area contributed by atoms with Crippen LogP contribution in [0.15, 0.2) is 23.1 Å². The minimum absolute atomic E-state index is 0.163. The standard InChI is InChI=1S/C12H18N2O3S/c1-9-4-5-10(13)7-12(9)18(16,17)14-6-2-3-11(15)8-14/h4-5,7,11,15H,2-3,6,8,13H2,1H3. The molecule has 18 heavy (non-hydrogen) atoms. The highest BCUT2D eigenvalue weighted by atomic mass is 32.2. The number of anilines is 1. The van der Waals surface area contributed by atoms with Gasteiger partial charge in [0.25, 0.3) is 0 Å². The van der Waals surface area contributed by atoms with Crippen molar-refractivity contribution in [3.63, 3.8) is 0 Å². The van der Waals surface area contributed by atoms with Crippen molar-refractivity contribution in [1.82, 2.24) is 4.31 Å². The van der Waals surface area contributed by atoms with Gasteiger partial charge >= 0.3 is 0 Å². The van der Waals surface area contributed by atoms with E-state index in [-0.39, 0.29) is 11.4 Å². The molecule has 0 aliphatic carbocycles. The molecule has 100 valence electrons. The molecule has 0 aromatic heterocycles. The van der Waals surface area contributed by atoms with Gasteiger partial charge in [-0.15, -0.1) is 0 Å². The second-order valence-corrected chi connectivity index (χ2v) is 6.59. The van der Waals surface area contributed by atoms with Crippen LogP contribution in [0, 0.1) is 6.92 Å². The van der Waals surface area contributed by atoms with Crippen LogP contribution in [-0.2, 0) is 10.0 Å². The summed E-state index contributed by atoms with van der Waals surface area (Å²) in [7, 11) is -3.55. The minimum Gasteiger partial charge on any atom is -0.399 e. The number of piperidine rings is 1. The first-order chi connectivity index (χ1) is 8.41. The maximum Gasteiger partial charge on any atom is 0.243 e. The number of hydrogen-bond acceptors (Lipinski definition) is 4. The van der Waals surface area contributed by atoms with E-state index in [1.54, 1.807) is 19.1 Å². The van der Waals surface area contributed by atoms with Gasteiger partial charge in [-0.05, 0) is 37.5 Å². The molecular formula is C12H18N2O3S. The van der Waals surface area contributed by atoms with Crippen LogP contribution in [-0.4, -0.2) is 37.0 Å². The summed E-state index contributed by atoms with van der Waals surface area (Å²) in [6.07, 6.45) is 0.763. The molecule has 1 aliphatic heterocycles. The molecule has 0 spiro atoms. The lowest BCUT2D eigenvalue weighted by molar-refractivity contribution is 0.108. The molecule has 0 bridgehead atoms. The summed E-state index contributed by atoms with van der Waals surface area (Å²) in [5, 5.41) is 9.58. The van der Waals surface area contributed by atoms with E-state index in [4.69, 9.17) is 5.73 Å². The second-order valence-electron chi connectivity index (χ2n) is 4.68. The number of nitrogens with two attached hydrogens (primary N) is 1. The molecule has 2 rings (SSSR count). The maximum atomic E-state index is 12.5. The predicted octanol–water partition coefficient (Wildman–Crippen LogP) is 0.723. The van der Waals surface area contributed by atoms with Crippen molar-refractivity contribution in [2.75, 3.05) is 18.8 Å². The van der Waals surface area contributed by atoms with Crippen molar-refractivity contribution in [3.8, 4) is 0 Å². The van der Waals surface area contributed by atoms with E-state index in [1.165, 1.54) is 10.4 Å². The fourth-order valence-electron chi connectivity index (χ4n) is 2.17. The van der Waals surface area contributed by atoms with Gasteiger partial charge in [-0.25, -0.2) is 8.42 Å². The summed E-state index contributed by atoms with van der Waals surface area (Å²) in [5.74, 6) is 0. The van der Waals surface area contributed by atoms with Crippen LogP contribution in [0.25, 0.3) is 0 Å². The Morgan fingerprint density at radius 1 is 1.44 bits per heavy atom. The number of rotatable bonds is 2. The van der Waals surface area contributed by atoms with Crippen molar-refractivity contribution in [2.24, 2.45) is 0 Å². The molecule has 1 saturated heterocycles. The Kier molecular flexibility index (Phi) is 3.61. The summed E-state index contributed by atoms with van der Waals surface area (Å²) in [6, 6.07) is 4.85. The average Bonchev–Trinajstić information content (AvgIpc) is 2.32. The lowest BCUT2D eigenvalue weighted by Crippen LogP contribution is -2.42. The van der Waals surface area contributed by atoms with Gasteiger partial charge in [0.15, 0.2) is 0 Å².